The van der Waals surface area contributed by atoms with Crippen molar-refractivity contribution in [2.24, 2.45) is 5.41 Å². The molecule has 0 aromatic carbocycles. The molecule has 0 fully saturated rings. The number of hydrogen-bond donors (Lipinski definition) is 3. The van der Waals surface area contributed by atoms with E-state index in [1.165, 1.54) is 0 Å². The molecule has 94 valence electrons. The fourth-order valence-electron chi connectivity index (χ4n) is 1.86. The summed E-state index contributed by atoms with van der Waals surface area (Å²) in [5, 5.41) is 6.72. The molecule has 5 nitrogen and oxygen atoms in total. The summed E-state index contributed by atoms with van der Waals surface area (Å²) in [4.78, 5) is 8.61. The predicted octanol–water partition coefficient (Wildman–Crippen LogP) is 1.16. The van der Waals surface area contributed by atoms with Gasteiger partial charge in [-0.2, -0.15) is 4.98 Å². The fraction of sp³-hybridized carbons (Fsp3) is 0.667. The summed E-state index contributed by atoms with van der Waals surface area (Å²) in [6.45, 7) is 9.22. The van der Waals surface area contributed by atoms with E-state index in [9.17, 15) is 0 Å². The number of nitrogens with zero attached hydrogens (tertiary/aromatic N) is 2. The summed E-state index contributed by atoms with van der Waals surface area (Å²) in [6.07, 6.45) is 0.923. The van der Waals surface area contributed by atoms with Crippen molar-refractivity contribution in [1.29, 1.82) is 0 Å². The lowest BCUT2D eigenvalue weighted by molar-refractivity contribution is 0.442. The molecule has 0 saturated carbocycles. The number of nitrogen functional groups attached to an aromatic ring is 1. The fourth-order valence-corrected chi connectivity index (χ4v) is 1.86. The van der Waals surface area contributed by atoms with Gasteiger partial charge in [0.25, 0.3) is 0 Å². The van der Waals surface area contributed by atoms with Crippen molar-refractivity contribution in [1.82, 2.24) is 15.3 Å². The molecule has 2 rings (SSSR count). The zero-order valence-corrected chi connectivity index (χ0v) is 10.8. The zero-order chi connectivity index (χ0) is 12.5. The molecule has 2 heterocycles. The lowest BCUT2D eigenvalue weighted by Gasteiger charge is -2.23. The highest BCUT2D eigenvalue weighted by atomic mass is 15.1. The standard InChI is InChI=1S/C12H21N5/c1-12(2,3)7-15-10-8-6-14-5-4-9(8)16-11(13)17-10/h14H,4-7H2,1-3H3,(H3,13,15,16,17). The second-order valence-electron chi connectivity index (χ2n) is 5.70. The second-order valence-corrected chi connectivity index (χ2v) is 5.70. The number of rotatable bonds is 2. The van der Waals surface area contributed by atoms with Gasteiger partial charge in [-0.25, -0.2) is 4.98 Å². The van der Waals surface area contributed by atoms with Crippen molar-refractivity contribution in [3.63, 3.8) is 0 Å². The molecule has 0 spiro atoms. The van der Waals surface area contributed by atoms with Crippen LogP contribution >= 0.6 is 0 Å². The Hall–Kier alpha value is -1.36. The van der Waals surface area contributed by atoms with Gasteiger partial charge in [0.2, 0.25) is 5.95 Å². The minimum Gasteiger partial charge on any atom is -0.369 e. The van der Waals surface area contributed by atoms with Crippen LogP contribution in [0.1, 0.15) is 32.0 Å². The van der Waals surface area contributed by atoms with E-state index in [1.807, 2.05) is 0 Å². The van der Waals surface area contributed by atoms with Gasteiger partial charge in [-0.05, 0) is 5.41 Å². The maximum absolute atomic E-state index is 5.74. The number of hydrogen-bond acceptors (Lipinski definition) is 5. The Kier molecular flexibility index (Phi) is 3.19. The molecule has 0 saturated heterocycles. The number of aromatic nitrogens is 2. The van der Waals surface area contributed by atoms with Gasteiger partial charge in [0, 0.05) is 31.6 Å². The smallest absolute Gasteiger partial charge is 0.222 e. The van der Waals surface area contributed by atoms with Gasteiger partial charge >= 0.3 is 0 Å². The molecule has 5 heteroatoms. The third kappa shape index (κ3) is 3.06. The Labute approximate surface area is 102 Å². The Morgan fingerprint density at radius 3 is 2.82 bits per heavy atom. The molecule has 1 aromatic rings. The van der Waals surface area contributed by atoms with E-state index in [0.29, 0.717) is 5.95 Å². The number of anilines is 2. The second kappa shape index (κ2) is 4.49. The molecule has 1 aromatic heterocycles. The molecule has 4 N–H and O–H groups in total. The normalized spacial score (nSPS) is 15.5. The summed E-state index contributed by atoms with van der Waals surface area (Å²) in [7, 11) is 0. The van der Waals surface area contributed by atoms with Gasteiger partial charge in [-0.3, -0.25) is 0 Å². The summed E-state index contributed by atoms with van der Waals surface area (Å²) in [5.41, 5.74) is 8.19. The molecular weight excluding hydrogens is 214 g/mol. The molecule has 17 heavy (non-hydrogen) atoms. The average molecular weight is 235 g/mol. The molecule has 0 bridgehead atoms. The summed E-state index contributed by atoms with van der Waals surface area (Å²) in [6, 6.07) is 0. The summed E-state index contributed by atoms with van der Waals surface area (Å²) >= 11 is 0. The third-order valence-corrected chi connectivity index (χ3v) is 2.74. The van der Waals surface area contributed by atoms with E-state index >= 15 is 0 Å². The molecule has 1 aliphatic rings. The Morgan fingerprint density at radius 1 is 1.35 bits per heavy atom. The zero-order valence-electron chi connectivity index (χ0n) is 10.8. The monoisotopic (exact) mass is 235 g/mol. The number of nitrogens with one attached hydrogen (secondary N) is 2. The van der Waals surface area contributed by atoms with Crippen molar-refractivity contribution in [3.8, 4) is 0 Å². The van der Waals surface area contributed by atoms with E-state index in [2.05, 4.69) is 41.4 Å². The van der Waals surface area contributed by atoms with Crippen LogP contribution in [-0.2, 0) is 13.0 Å². The Balaban J connectivity index is 2.23. The molecule has 0 unspecified atom stereocenters. The SMILES string of the molecule is CC(C)(C)CNc1nc(N)nc2c1CNCC2. The first-order valence-corrected chi connectivity index (χ1v) is 6.05. The van der Waals surface area contributed by atoms with Crippen LogP contribution in [0.3, 0.4) is 0 Å². The van der Waals surface area contributed by atoms with E-state index in [-0.39, 0.29) is 5.41 Å². The van der Waals surface area contributed by atoms with E-state index in [1.54, 1.807) is 0 Å². The highest BCUT2D eigenvalue weighted by Gasteiger charge is 2.18. The molecule has 0 radical (unpaired) electrons. The average Bonchev–Trinajstić information content (AvgIpc) is 2.24. The van der Waals surface area contributed by atoms with Crippen molar-refractivity contribution in [2.45, 2.75) is 33.7 Å². The summed E-state index contributed by atoms with van der Waals surface area (Å²) < 4.78 is 0. The molecule has 0 aliphatic carbocycles. The Bertz CT molecular complexity index is 408. The lowest BCUT2D eigenvalue weighted by atomic mass is 9.97. The maximum atomic E-state index is 5.74. The first-order valence-electron chi connectivity index (χ1n) is 6.05. The van der Waals surface area contributed by atoms with Gasteiger partial charge in [0.05, 0.1) is 5.69 Å². The number of nitrogens with two attached hydrogens (primary N) is 1. The van der Waals surface area contributed by atoms with Gasteiger partial charge in [-0.1, -0.05) is 20.8 Å². The van der Waals surface area contributed by atoms with Crippen LogP contribution in [-0.4, -0.2) is 23.1 Å². The highest BCUT2D eigenvalue weighted by Crippen LogP contribution is 2.22. The van der Waals surface area contributed by atoms with Gasteiger partial charge < -0.3 is 16.4 Å². The van der Waals surface area contributed by atoms with E-state index in [0.717, 1.165) is 43.1 Å². The van der Waals surface area contributed by atoms with Crippen LogP contribution < -0.4 is 16.4 Å². The van der Waals surface area contributed by atoms with Gasteiger partial charge in [0.1, 0.15) is 5.82 Å². The molecule has 1 aliphatic heterocycles. The van der Waals surface area contributed by atoms with Crippen LogP contribution in [0.15, 0.2) is 0 Å². The van der Waals surface area contributed by atoms with E-state index in [4.69, 9.17) is 5.73 Å². The molecular formula is C12H21N5. The van der Waals surface area contributed by atoms with Gasteiger partial charge in [0.15, 0.2) is 0 Å². The molecule has 0 atom stereocenters. The van der Waals surface area contributed by atoms with E-state index < -0.39 is 0 Å². The topological polar surface area (TPSA) is 75.9 Å². The maximum Gasteiger partial charge on any atom is 0.222 e. The number of fused-ring (bicyclic) bond motifs is 1. The van der Waals surface area contributed by atoms with Crippen LogP contribution in [0.25, 0.3) is 0 Å². The minimum atomic E-state index is 0.217. The van der Waals surface area contributed by atoms with Gasteiger partial charge in [-0.15, -0.1) is 0 Å². The first-order chi connectivity index (χ1) is 7.96. The Morgan fingerprint density at radius 2 is 2.12 bits per heavy atom. The van der Waals surface area contributed by atoms with Crippen molar-refractivity contribution in [2.75, 3.05) is 24.1 Å². The summed E-state index contributed by atoms with van der Waals surface area (Å²) in [5.74, 6) is 1.25. The minimum absolute atomic E-state index is 0.217. The lowest BCUT2D eigenvalue weighted by Crippen LogP contribution is -2.28. The van der Waals surface area contributed by atoms with Crippen molar-refractivity contribution in [3.05, 3.63) is 11.3 Å². The predicted molar refractivity (Wildman–Crippen MR) is 69.8 cm³/mol. The third-order valence-electron chi connectivity index (χ3n) is 2.74. The van der Waals surface area contributed by atoms with Crippen LogP contribution in [0, 0.1) is 5.41 Å². The van der Waals surface area contributed by atoms with Crippen LogP contribution in [0.4, 0.5) is 11.8 Å². The first kappa shape index (κ1) is 12.1. The largest absolute Gasteiger partial charge is 0.369 e. The van der Waals surface area contributed by atoms with Crippen molar-refractivity contribution < 1.29 is 0 Å². The molecule has 0 amide bonds. The van der Waals surface area contributed by atoms with Crippen LogP contribution in [0.2, 0.25) is 0 Å². The van der Waals surface area contributed by atoms with Crippen LogP contribution in [0.5, 0.6) is 0 Å². The highest BCUT2D eigenvalue weighted by molar-refractivity contribution is 5.50. The van der Waals surface area contributed by atoms with Crippen molar-refractivity contribution >= 4 is 11.8 Å². The quantitative estimate of drug-likeness (QED) is 0.717.